The second kappa shape index (κ2) is 4.99. The quantitative estimate of drug-likeness (QED) is 0.296. The maximum absolute atomic E-state index is 7.07. The highest BCUT2D eigenvalue weighted by Crippen LogP contribution is 1.83. The van der Waals surface area contributed by atoms with Crippen molar-refractivity contribution in [1.29, 1.82) is 5.41 Å². The Bertz CT molecular complexity index is 120. The van der Waals surface area contributed by atoms with E-state index >= 15 is 0 Å². The van der Waals surface area contributed by atoms with Gasteiger partial charge in [-0.2, -0.15) is 0 Å². The molecule has 1 atom stereocenters. The molecule has 0 aromatic carbocycles. The predicted octanol–water partition coefficient (Wildman–Crippen LogP) is 0.477. The van der Waals surface area contributed by atoms with E-state index in [1.54, 1.807) is 6.08 Å². The van der Waals surface area contributed by atoms with Crippen LogP contribution in [0.25, 0.3) is 0 Å². The number of amidine groups is 1. The van der Waals surface area contributed by atoms with Crippen molar-refractivity contribution >= 4 is 5.84 Å². The van der Waals surface area contributed by atoms with Gasteiger partial charge in [0, 0.05) is 0 Å². The van der Waals surface area contributed by atoms with E-state index in [4.69, 9.17) is 11.1 Å². The number of rotatable bonds is 5. The molecule has 0 amide bonds. The summed E-state index contributed by atoms with van der Waals surface area (Å²) in [4.78, 5) is 0. The van der Waals surface area contributed by atoms with Gasteiger partial charge in [-0.1, -0.05) is 13.0 Å². The molecule has 0 spiro atoms. The van der Waals surface area contributed by atoms with Gasteiger partial charge in [-0.05, 0) is 13.0 Å². The minimum absolute atomic E-state index is 0.128. The van der Waals surface area contributed by atoms with Crippen molar-refractivity contribution in [2.75, 3.05) is 6.54 Å². The Hall–Kier alpha value is -0.830. The molecule has 0 unspecified atom stereocenters. The van der Waals surface area contributed by atoms with E-state index in [1.807, 2.05) is 0 Å². The summed E-state index contributed by atoms with van der Waals surface area (Å²) in [6.45, 7) is 6.49. The molecule has 3 nitrogen and oxygen atoms in total. The molecule has 0 saturated heterocycles. The first-order valence-electron chi connectivity index (χ1n) is 3.42. The topological polar surface area (TPSA) is 61.9 Å². The third-order valence-corrected chi connectivity index (χ3v) is 1.19. The van der Waals surface area contributed by atoms with Crippen molar-refractivity contribution in [1.82, 2.24) is 5.32 Å². The zero-order valence-electron chi connectivity index (χ0n) is 6.35. The van der Waals surface area contributed by atoms with E-state index in [-0.39, 0.29) is 11.9 Å². The maximum Gasteiger partial charge on any atom is 0.112 e. The van der Waals surface area contributed by atoms with Crippen LogP contribution in [-0.2, 0) is 0 Å². The average Bonchev–Trinajstić information content (AvgIpc) is 1.89. The van der Waals surface area contributed by atoms with Gasteiger partial charge in [-0.3, -0.25) is 5.41 Å². The van der Waals surface area contributed by atoms with E-state index in [1.165, 1.54) is 0 Å². The lowest BCUT2D eigenvalue weighted by molar-refractivity contribution is 0.675. The fraction of sp³-hybridized carbons (Fsp3) is 0.571. The van der Waals surface area contributed by atoms with E-state index in [0.717, 1.165) is 13.0 Å². The molecule has 0 aromatic rings. The van der Waals surface area contributed by atoms with Crippen LogP contribution in [0.3, 0.4) is 0 Å². The Morgan fingerprint density at radius 2 is 2.50 bits per heavy atom. The lowest BCUT2D eigenvalue weighted by Gasteiger charge is -2.10. The number of hydrogen-bond acceptors (Lipinski definition) is 2. The first kappa shape index (κ1) is 9.17. The normalized spacial score (nSPS) is 12.5. The van der Waals surface area contributed by atoms with Crippen LogP contribution >= 0.6 is 0 Å². The number of nitrogens with two attached hydrogens (primary N) is 1. The van der Waals surface area contributed by atoms with Gasteiger partial charge in [-0.15, -0.1) is 6.58 Å². The summed E-state index contributed by atoms with van der Waals surface area (Å²) in [5, 5.41) is 10.1. The Labute approximate surface area is 61.8 Å². The molecule has 58 valence electrons. The lowest BCUT2D eigenvalue weighted by atomic mass is 10.2. The molecule has 0 aliphatic rings. The van der Waals surface area contributed by atoms with Gasteiger partial charge in [0.1, 0.15) is 5.84 Å². The van der Waals surface area contributed by atoms with Crippen LogP contribution in [0.5, 0.6) is 0 Å². The second-order valence-corrected chi connectivity index (χ2v) is 2.12. The number of nitrogens with one attached hydrogen (secondary N) is 2. The molecule has 0 bridgehead atoms. The summed E-state index contributed by atoms with van der Waals surface area (Å²) in [6.07, 6.45) is 2.68. The van der Waals surface area contributed by atoms with Gasteiger partial charge in [0.15, 0.2) is 0 Å². The van der Waals surface area contributed by atoms with E-state index < -0.39 is 0 Å². The van der Waals surface area contributed by atoms with Gasteiger partial charge in [0.2, 0.25) is 0 Å². The molecular formula is C7H15N3. The van der Waals surface area contributed by atoms with Crippen molar-refractivity contribution in [3.05, 3.63) is 12.7 Å². The number of hydrogen-bond donors (Lipinski definition) is 3. The SMILES string of the molecule is C=C[C@H](NCCC)C(=N)N. The minimum Gasteiger partial charge on any atom is -0.386 e. The van der Waals surface area contributed by atoms with Crippen molar-refractivity contribution in [3.8, 4) is 0 Å². The Morgan fingerprint density at radius 1 is 1.90 bits per heavy atom. The molecule has 3 heteroatoms. The van der Waals surface area contributed by atoms with Crippen LogP contribution < -0.4 is 11.1 Å². The molecule has 0 radical (unpaired) electrons. The summed E-state index contributed by atoms with van der Waals surface area (Å²) in [5.74, 6) is 0.128. The fourth-order valence-electron chi connectivity index (χ4n) is 0.620. The molecule has 10 heavy (non-hydrogen) atoms. The van der Waals surface area contributed by atoms with Crippen molar-refractivity contribution in [2.24, 2.45) is 5.73 Å². The Kier molecular flexibility index (Phi) is 4.58. The van der Waals surface area contributed by atoms with Gasteiger partial charge < -0.3 is 11.1 Å². The monoisotopic (exact) mass is 141 g/mol. The lowest BCUT2D eigenvalue weighted by Crippen LogP contribution is -2.39. The standard InChI is InChI=1S/C7H15N3/c1-3-5-10-6(4-2)7(8)9/h4,6,10H,2-3,5H2,1H3,(H3,8,9)/t6-/m0/s1. The molecule has 4 N–H and O–H groups in total. The molecule has 0 rings (SSSR count). The third kappa shape index (κ3) is 3.25. The Balaban J connectivity index is 3.60. The van der Waals surface area contributed by atoms with E-state index in [9.17, 15) is 0 Å². The molecule has 0 fully saturated rings. The summed E-state index contributed by atoms with van der Waals surface area (Å²) in [7, 11) is 0. The molecule has 0 aliphatic carbocycles. The molecular weight excluding hydrogens is 126 g/mol. The smallest absolute Gasteiger partial charge is 0.112 e. The van der Waals surface area contributed by atoms with Gasteiger partial charge in [0.25, 0.3) is 0 Å². The average molecular weight is 141 g/mol. The molecule has 0 saturated carbocycles. The fourth-order valence-corrected chi connectivity index (χ4v) is 0.620. The second-order valence-electron chi connectivity index (χ2n) is 2.12. The summed E-state index contributed by atoms with van der Waals surface area (Å²) in [5.41, 5.74) is 5.24. The first-order valence-corrected chi connectivity index (χ1v) is 3.42. The highest BCUT2D eigenvalue weighted by atomic mass is 15.0. The molecule has 0 heterocycles. The van der Waals surface area contributed by atoms with Crippen molar-refractivity contribution in [3.63, 3.8) is 0 Å². The zero-order valence-corrected chi connectivity index (χ0v) is 6.35. The summed E-state index contributed by atoms with van der Waals surface area (Å²) >= 11 is 0. The van der Waals surface area contributed by atoms with Crippen molar-refractivity contribution in [2.45, 2.75) is 19.4 Å². The summed E-state index contributed by atoms with van der Waals surface area (Å²) in [6, 6.07) is -0.153. The van der Waals surface area contributed by atoms with Gasteiger partial charge >= 0.3 is 0 Å². The predicted molar refractivity (Wildman–Crippen MR) is 44.2 cm³/mol. The van der Waals surface area contributed by atoms with E-state index in [0.29, 0.717) is 0 Å². The van der Waals surface area contributed by atoms with Crippen LogP contribution in [0, 0.1) is 5.41 Å². The third-order valence-electron chi connectivity index (χ3n) is 1.19. The van der Waals surface area contributed by atoms with Gasteiger partial charge in [-0.25, -0.2) is 0 Å². The van der Waals surface area contributed by atoms with Crippen LogP contribution in [0.15, 0.2) is 12.7 Å². The van der Waals surface area contributed by atoms with Crippen LogP contribution in [0.1, 0.15) is 13.3 Å². The largest absolute Gasteiger partial charge is 0.386 e. The zero-order chi connectivity index (χ0) is 7.98. The highest BCUT2D eigenvalue weighted by molar-refractivity contribution is 5.84. The molecule has 0 aromatic heterocycles. The van der Waals surface area contributed by atoms with Gasteiger partial charge in [0.05, 0.1) is 6.04 Å². The van der Waals surface area contributed by atoms with Crippen LogP contribution in [0.2, 0.25) is 0 Å². The van der Waals surface area contributed by atoms with Crippen LogP contribution in [-0.4, -0.2) is 18.4 Å². The first-order chi connectivity index (χ1) is 4.72. The minimum atomic E-state index is -0.153. The summed E-state index contributed by atoms with van der Waals surface area (Å²) < 4.78 is 0. The van der Waals surface area contributed by atoms with Crippen molar-refractivity contribution < 1.29 is 0 Å². The van der Waals surface area contributed by atoms with E-state index in [2.05, 4.69) is 18.8 Å². The highest BCUT2D eigenvalue weighted by Gasteiger charge is 2.03. The molecule has 0 aliphatic heterocycles. The maximum atomic E-state index is 7.07. The Morgan fingerprint density at radius 3 is 2.80 bits per heavy atom. The van der Waals surface area contributed by atoms with Crippen LogP contribution in [0.4, 0.5) is 0 Å².